The zero-order valence-electron chi connectivity index (χ0n) is 26.1. The van der Waals surface area contributed by atoms with E-state index in [1.54, 1.807) is 30.3 Å². The molecule has 0 saturated heterocycles. The largest absolute Gasteiger partial charge is 0.381 e. The number of hydrogen-bond donors (Lipinski definition) is 6. The topological polar surface area (TPSA) is 166 Å². The van der Waals surface area contributed by atoms with Crippen molar-refractivity contribution in [2.75, 3.05) is 48.5 Å². The van der Waals surface area contributed by atoms with Crippen molar-refractivity contribution in [3.05, 3.63) is 78.0 Å². The maximum Gasteiger partial charge on any atom is 0.256 e. The lowest BCUT2D eigenvalue weighted by Crippen LogP contribution is -2.42. The lowest BCUT2D eigenvalue weighted by molar-refractivity contribution is -0.111. The fourth-order valence-electron chi connectivity index (χ4n) is 5.03. The van der Waals surface area contributed by atoms with E-state index < -0.39 is 5.91 Å². The van der Waals surface area contributed by atoms with Crippen molar-refractivity contribution in [2.24, 2.45) is 5.73 Å². The van der Waals surface area contributed by atoms with E-state index in [1.807, 2.05) is 56.3 Å². The molecule has 3 amide bonds. The van der Waals surface area contributed by atoms with Gasteiger partial charge in [0.2, 0.25) is 17.8 Å². The third-order valence-corrected chi connectivity index (χ3v) is 7.30. The number of nitrogens with zero attached hydrogens (tertiary/aromatic N) is 3. The van der Waals surface area contributed by atoms with Crippen molar-refractivity contribution >= 4 is 46.5 Å². The van der Waals surface area contributed by atoms with E-state index in [0.29, 0.717) is 47.4 Å². The number of carbonyl (C=O) groups is 3. The molecule has 1 aliphatic carbocycles. The third kappa shape index (κ3) is 10.0. The van der Waals surface area contributed by atoms with E-state index in [9.17, 15) is 14.4 Å². The number of hydrogen-bond acceptors (Lipinski definition) is 9. The van der Waals surface area contributed by atoms with Crippen LogP contribution in [0.4, 0.5) is 28.8 Å². The van der Waals surface area contributed by atoms with Crippen LogP contribution in [0, 0.1) is 0 Å². The first-order chi connectivity index (χ1) is 21.7. The van der Waals surface area contributed by atoms with Crippen molar-refractivity contribution in [1.82, 2.24) is 20.2 Å². The summed E-state index contributed by atoms with van der Waals surface area (Å²) < 4.78 is 0. The molecule has 238 valence electrons. The zero-order chi connectivity index (χ0) is 32.2. The fourth-order valence-corrected chi connectivity index (χ4v) is 5.03. The first-order valence-corrected chi connectivity index (χ1v) is 15.3. The molecule has 12 nitrogen and oxygen atoms in total. The fraction of sp³-hybridized carbons (Fsp3) is 0.364. The number of nitrogens with two attached hydrogens (primary N) is 1. The molecule has 4 rings (SSSR count). The van der Waals surface area contributed by atoms with Gasteiger partial charge in [0.15, 0.2) is 0 Å². The molecule has 1 saturated carbocycles. The van der Waals surface area contributed by atoms with Gasteiger partial charge >= 0.3 is 0 Å². The molecule has 0 spiro atoms. The monoisotopic (exact) mass is 613 g/mol. The Morgan fingerprint density at radius 2 is 1.76 bits per heavy atom. The first-order valence-electron chi connectivity index (χ1n) is 15.3. The summed E-state index contributed by atoms with van der Waals surface area (Å²) in [5, 5.41) is 16.1. The number of carbonyl (C=O) groups excluding carboxylic acids is 3. The maximum atomic E-state index is 13.5. The minimum atomic E-state index is -0.503. The highest BCUT2D eigenvalue weighted by Crippen LogP contribution is 2.28. The van der Waals surface area contributed by atoms with Gasteiger partial charge in [0.25, 0.3) is 5.91 Å². The van der Waals surface area contributed by atoms with E-state index in [-0.39, 0.29) is 23.9 Å². The number of amides is 3. The number of aromatic nitrogens is 2. The van der Waals surface area contributed by atoms with Gasteiger partial charge in [0, 0.05) is 48.7 Å². The molecular formula is C33H43N9O3. The normalized spacial score (nSPS) is 16.3. The first kappa shape index (κ1) is 32.9. The molecule has 0 aliphatic heterocycles. The lowest BCUT2D eigenvalue weighted by atomic mass is 9.90. The van der Waals surface area contributed by atoms with E-state index in [2.05, 4.69) is 36.6 Å². The molecule has 7 N–H and O–H groups in total. The van der Waals surface area contributed by atoms with Gasteiger partial charge in [-0.25, -0.2) is 4.98 Å². The van der Waals surface area contributed by atoms with Crippen molar-refractivity contribution in [3.8, 4) is 0 Å². The molecule has 2 atom stereocenters. The lowest BCUT2D eigenvalue weighted by Gasteiger charge is -2.31. The van der Waals surface area contributed by atoms with Crippen LogP contribution in [0.1, 0.15) is 59.7 Å². The summed E-state index contributed by atoms with van der Waals surface area (Å²) in [4.78, 5) is 48.2. The zero-order valence-corrected chi connectivity index (χ0v) is 26.1. The summed E-state index contributed by atoms with van der Waals surface area (Å²) in [5.41, 5.74) is 8.33. The summed E-state index contributed by atoms with van der Waals surface area (Å²) in [6, 6.07) is 14.4. The molecule has 12 heteroatoms. The van der Waals surface area contributed by atoms with Gasteiger partial charge in [0.05, 0.1) is 11.4 Å². The van der Waals surface area contributed by atoms with E-state index in [0.717, 1.165) is 37.8 Å². The Morgan fingerprint density at radius 3 is 2.47 bits per heavy atom. The quantitative estimate of drug-likeness (QED) is 0.145. The number of rotatable bonds is 14. The average molecular weight is 614 g/mol. The Hall–Kier alpha value is -4.97. The molecule has 2 aromatic carbocycles. The van der Waals surface area contributed by atoms with E-state index in [1.165, 1.54) is 6.20 Å². The molecule has 1 unspecified atom stereocenters. The van der Waals surface area contributed by atoms with Gasteiger partial charge in [-0.2, -0.15) is 4.98 Å². The summed E-state index contributed by atoms with van der Waals surface area (Å²) in [5.74, 6) is -0.171. The Balaban J connectivity index is 1.39. The summed E-state index contributed by atoms with van der Waals surface area (Å²) in [6.07, 6.45) is 9.22. The van der Waals surface area contributed by atoms with Crippen LogP contribution in [-0.4, -0.2) is 71.9 Å². The minimum absolute atomic E-state index is 0.0416. The highest BCUT2D eigenvalue weighted by atomic mass is 16.2. The SMILES string of the molecule is CCCNc1nc(Nc2ccc(C(N)=O)cc2)ncc1C(=O)NC1CCC[C@H](Nc2ccccc2NC(=O)C=CCN(C)C)C1. The molecule has 1 fully saturated rings. The van der Waals surface area contributed by atoms with Crippen molar-refractivity contribution < 1.29 is 14.4 Å². The molecule has 0 bridgehead atoms. The second kappa shape index (κ2) is 16.2. The van der Waals surface area contributed by atoms with Gasteiger partial charge in [-0.15, -0.1) is 0 Å². The van der Waals surface area contributed by atoms with Gasteiger partial charge < -0.3 is 37.2 Å². The predicted octanol–water partition coefficient (Wildman–Crippen LogP) is 4.35. The van der Waals surface area contributed by atoms with Crippen LogP contribution in [0.5, 0.6) is 0 Å². The molecule has 3 aromatic rings. The highest BCUT2D eigenvalue weighted by Gasteiger charge is 2.26. The van der Waals surface area contributed by atoms with E-state index in [4.69, 9.17) is 5.73 Å². The Bertz CT molecular complexity index is 1490. The van der Waals surface area contributed by atoms with Crippen LogP contribution in [0.2, 0.25) is 0 Å². The predicted molar refractivity (Wildman–Crippen MR) is 179 cm³/mol. The number of benzene rings is 2. The Labute approximate surface area is 264 Å². The minimum Gasteiger partial charge on any atom is -0.381 e. The third-order valence-electron chi connectivity index (χ3n) is 7.30. The maximum absolute atomic E-state index is 13.5. The van der Waals surface area contributed by atoms with Crippen LogP contribution in [0.15, 0.2) is 66.9 Å². The number of anilines is 5. The smallest absolute Gasteiger partial charge is 0.256 e. The molecule has 1 heterocycles. The molecule has 45 heavy (non-hydrogen) atoms. The molecule has 1 aliphatic rings. The average Bonchev–Trinajstić information content (AvgIpc) is 3.01. The van der Waals surface area contributed by atoms with Gasteiger partial charge in [0.1, 0.15) is 11.4 Å². The summed E-state index contributed by atoms with van der Waals surface area (Å²) in [6.45, 7) is 3.36. The number of nitrogens with one attached hydrogen (secondary N) is 5. The van der Waals surface area contributed by atoms with Gasteiger partial charge in [-0.3, -0.25) is 14.4 Å². The summed E-state index contributed by atoms with van der Waals surface area (Å²) >= 11 is 0. The van der Waals surface area contributed by atoms with Gasteiger partial charge in [-0.1, -0.05) is 25.1 Å². The number of para-hydroxylation sites is 2. The highest BCUT2D eigenvalue weighted by molar-refractivity contribution is 6.01. The molecule has 1 aromatic heterocycles. The summed E-state index contributed by atoms with van der Waals surface area (Å²) in [7, 11) is 3.89. The van der Waals surface area contributed by atoms with Crippen LogP contribution < -0.4 is 32.3 Å². The Morgan fingerprint density at radius 1 is 1.02 bits per heavy atom. The van der Waals surface area contributed by atoms with Gasteiger partial charge in [-0.05, 0) is 82.6 Å². The number of likely N-dealkylation sites (N-methyl/N-ethyl adjacent to an activating group) is 1. The van der Waals surface area contributed by atoms with Crippen LogP contribution in [0.3, 0.4) is 0 Å². The standard InChI is InChI=1S/C33H43N9O3/c1-4-18-35-31-26(21-36-33(41-31)39-23-16-14-22(15-17-23)30(34)44)32(45)38-25-10-7-9-24(20-25)37-27-11-5-6-12-28(27)40-29(43)13-8-19-42(2)3/h5-6,8,11-17,21,24-25,37H,4,7,9-10,18-20H2,1-3H3,(H2,34,44)(H,38,45)(H,40,43)(H2,35,36,39,41)/t24-,25?/m0/s1. The van der Waals surface area contributed by atoms with Crippen molar-refractivity contribution in [3.63, 3.8) is 0 Å². The van der Waals surface area contributed by atoms with Crippen LogP contribution in [-0.2, 0) is 4.79 Å². The Kier molecular flexibility index (Phi) is 11.9. The molecule has 0 radical (unpaired) electrons. The van der Waals surface area contributed by atoms with Crippen LogP contribution in [0.25, 0.3) is 0 Å². The second-order valence-corrected chi connectivity index (χ2v) is 11.3. The van der Waals surface area contributed by atoms with E-state index >= 15 is 0 Å². The van der Waals surface area contributed by atoms with Crippen LogP contribution >= 0.6 is 0 Å². The molecular weight excluding hydrogens is 570 g/mol. The van der Waals surface area contributed by atoms with Crippen molar-refractivity contribution in [1.29, 1.82) is 0 Å². The second-order valence-electron chi connectivity index (χ2n) is 11.3. The van der Waals surface area contributed by atoms with Crippen molar-refractivity contribution in [2.45, 2.75) is 51.1 Å². The number of primary amides is 1.